The van der Waals surface area contributed by atoms with Crippen LogP contribution < -0.4 is 15.0 Å². The second-order valence-electron chi connectivity index (χ2n) is 6.52. The molecule has 0 aliphatic carbocycles. The zero-order chi connectivity index (χ0) is 17.5. The predicted molar refractivity (Wildman–Crippen MR) is 101 cm³/mol. The topological polar surface area (TPSA) is 41.6 Å². The molecule has 1 amide bonds. The Morgan fingerprint density at radius 1 is 0.960 bits per heavy atom. The molecule has 4 nitrogen and oxygen atoms in total. The van der Waals surface area contributed by atoms with Gasteiger partial charge in [-0.05, 0) is 54.7 Å². The molecule has 1 aliphatic rings. The fraction of sp³-hybridized carbons (Fsp3) is 0.381. The van der Waals surface area contributed by atoms with Gasteiger partial charge in [0.1, 0.15) is 5.75 Å². The molecule has 0 aromatic heterocycles. The van der Waals surface area contributed by atoms with Crippen molar-refractivity contribution in [3.8, 4) is 5.75 Å². The van der Waals surface area contributed by atoms with Crippen LogP contribution in [0.25, 0.3) is 0 Å². The summed E-state index contributed by atoms with van der Waals surface area (Å²) in [6.07, 6.45) is 4.29. The maximum absolute atomic E-state index is 12.1. The summed E-state index contributed by atoms with van der Waals surface area (Å²) >= 11 is 0. The molecule has 4 heteroatoms. The summed E-state index contributed by atoms with van der Waals surface area (Å²) in [7, 11) is 1.64. The van der Waals surface area contributed by atoms with Gasteiger partial charge < -0.3 is 15.0 Å². The summed E-state index contributed by atoms with van der Waals surface area (Å²) in [5.41, 5.74) is 3.40. The second kappa shape index (κ2) is 8.56. The minimum Gasteiger partial charge on any atom is -0.497 e. The highest BCUT2D eigenvalue weighted by molar-refractivity contribution is 5.78. The number of amides is 1. The Kier molecular flexibility index (Phi) is 5.94. The molecular formula is C21H26N2O2. The van der Waals surface area contributed by atoms with Crippen LogP contribution in [-0.2, 0) is 17.8 Å². The Balaban J connectivity index is 1.47. The van der Waals surface area contributed by atoms with Gasteiger partial charge in [-0.25, -0.2) is 0 Å². The van der Waals surface area contributed by atoms with Crippen LogP contribution >= 0.6 is 0 Å². The van der Waals surface area contributed by atoms with Crippen molar-refractivity contribution in [2.45, 2.75) is 32.2 Å². The van der Waals surface area contributed by atoms with Gasteiger partial charge in [-0.15, -0.1) is 0 Å². The molecule has 2 aromatic rings. The van der Waals surface area contributed by atoms with Crippen molar-refractivity contribution in [2.24, 2.45) is 0 Å². The Hall–Kier alpha value is -2.49. The smallest absolute Gasteiger partial charge is 0.224 e. The number of carbonyl (C=O) groups excluding carboxylic acids is 1. The van der Waals surface area contributed by atoms with E-state index in [9.17, 15) is 4.79 Å². The van der Waals surface area contributed by atoms with Crippen LogP contribution in [0, 0.1) is 0 Å². The van der Waals surface area contributed by atoms with E-state index in [-0.39, 0.29) is 5.91 Å². The van der Waals surface area contributed by atoms with E-state index in [1.54, 1.807) is 7.11 Å². The van der Waals surface area contributed by atoms with Crippen LogP contribution in [0.5, 0.6) is 5.75 Å². The van der Waals surface area contributed by atoms with Crippen molar-refractivity contribution >= 4 is 11.6 Å². The van der Waals surface area contributed by atoms with Crippen LogP contribution in [0.4, 0.5) is 5.69 Å². The summed E-state index contributed by atoms with van der Waals surface area (Å²) in [6.45, 7) is 2.87. The Labute approximate surface area is 149 Å². The molecule has 0 atom stereocenters. The van der Waals surface area contributed by atoms with Crippen LogP contribution in [0.15, 0.2) is 48.5 Å². The first kappa shape index (κ1) is 17.3. The molecule has 0 saturated carbocycles. The molecule has 1 saturated heterocycles. The van der Waals surface area contributed by atoms with Crippen LogP contribution in [0.1, 0.15) is 30.4 Å². The normalized spacial score (nSPS) is 14.2. The van der Waals surface area contributed by atoms with Crippen molar-refractivity contribution in [3.63, 3.8) is 0 Å². The number of benzene rings is 2. The van der Waals surface area contributed by atoms with Gasteiger partial charge in [-0.1, -0.05) is 24.3 Å². The first-order valence-electron chi connectivity index (χ1n) is 8.98. The maximum atomic E-state index is 12.1. The molecule has 1 fully saturated rings. The van der Waals surface area contributed by atoms with Crippen LogP contribution in [0.2, 0.25) is 0 Å². The number of methoxy groups -OCH3 is 1. The van der Waals surface area contributed by atoms with Crippen molar-refractivity contribution < 1.29 is 9.53 Å². The largest absolute Gasteiger partial charge is 0.497 e. The van der Waals surface area contributed by atoms with E-state index >= 15 is 0 Å². The van der Waals surface area contributed by atoms with Crippen molar-refractivity contribution in [1.29, 1.82) is 0 Å². The standard InChI is InChI=1S/C21H26N2O2/c1-25-20-11-7-17(8-12-20)15-21(24)22-16-18-5-9-19(10-6-18)23-13-3-2-4-14-23/h5-12H,2-4,13-16H2,1H3,(H,22,24). The number of hydrogen-bond donors (Lipinski definition) is 1. The fourth-order valence-corrected chi connectivity index (χ4v) is 3.17. The number of nitrogens with zero attached hydrogens (tertiary/aromatic N) is 1. The number of ether oxygens (including phenoxy) is 1. The minimum absolute atomic E-state index is 0.0327. The Bertz CT molecular complexity index is 674. The Morgan fingerprint density at radius 3 is 2.24 bits per heavy atom. The van der Waals surface area contributed by atoms with E-state index in [4.69, 9.17) is 4.74 Å². The van der Waals surface area contributed by atoms with Crippen molar-refractivity contribution in [2.75, 3.05) is 25.1 Å². The number of carbonyl (C=O) groups is 1. The molecule has 1 heterocycles. The SMILES string of the molecule is COc1ccc(CC(=O)NCc2ccc(N3CCCCC3)cc2)cc1. The molecule has 1 N–H and O–H groups in total. The molecule has 2 aromatic carbocycles. The third-order valence-electron chi connectivity index (χ3n) is 4.67. The van der Waals surface area contributed by atoms with Gasteiger partial charge in [0.25, 0.3) is 0 Å². The van der Waals surface area contributed by atoms with E-state index in [0.29, 0.717) is 13.0 Å². The third kappa shape index (κ3) is 4.99. The lowest BCUT2D eigenvalue weighted by Gasteiger charge is -2.28. The van der Waals surface area contributed by atoms with Gasteiger partial charge in [0.2, 0.25) is 5.91 Å². The van der Waals surface area contributed by atoms with Crippen LogP contribution in [0.3, 0.4) is 0 Å². The average Bonchev–Trinajstić information content (AvgIpc) is 2.68. The summed E-state index contributed by atoms with van der Waals surface area (Å²) < 4.78 is 5.13. The van der Waals surface area contributed by atoms with E-state index in [1.807, 2.05) is 24.3 Å². The fourth-order valence-electron chi connectivity index (χ4n) is 3.17. The third-order valence-corrected chi connectivity index (χ3v) is 4.67. The summed E-state index contributed by atoms with van der Waals surface area (Å²) in [4.78, 5) is 14.5. The first-order valence-corrected chi connectivity index (χ1v) is 8.98. The van der Waals surface area contributed by atoms with Crippen molar-refractivity contribution in [3.05, 3.63) is 59.7 Å². The second-order valence-corrected chi connectivity index (χ2v) is 6.52. The summed E-state index contributed by atoms with van der Waals surface area (Å²) in [6, 6.07) is 16.1. The first-order chi connectivity index (χ1) is 12.2. The Morgan fingerprint density at radius 2 is 1.60 bits per heavy atom. The highest BCUT2D eigenvalue weighted by Crippen LogP contribution is 2.20. The summed E-state index contributed by atoms with van der Waals surface area (Å²) in [5.74, 6) is 0.836. The van der Waals surface area contributed by atoms with Crippen molar-refractivity contribution in [1.82, 2.24) is 5.32 Å². The average molecular weight is 338 g/mol. The molecule has 1 aliphatic heterocycles. The summed E-state index contributed by atoms with van der Waals surface area (Å²) in [5, 5.41) is 2.99. The molecular weight excluding hydrogens is 312 g/mol. The maximum Gasteiger partial charge on any atom is 0.224 e. The van der Waals surface area contributed by atoms with Gasteiger partial charge in [0, 0.05) is 25.3 Å². The van der Waals surface area contributed by atoms with E-state index in [2.05, 4.69) is 34.5 Å². The number of nitrogens with one attached hydrogen (secondary N) is 1. The molecule has 0 radical (unpaired) electrons. The van der Waals surface area contributed by atoms with Gasteiger partial charge in [-0.3, -0.25) is 4.79 Å². The number of anilines is 1. The van der Waals surface area contributed by atoms with Gasteiger partial charge in [-0.2, -0.15) is 0 Å². The molecule has 0 bridgehead atoms. The number of piperidine rings is 1. The monoisotopic (exact) mass is 338 g/mol. The van der Waals surface area contributed by atoms with E-state index < -0.39 is 0 Å². The highest BCUT2D eigenvalue weighted by Gasteiger charge is 2.10. The predicted octanol–water partition coefficient (Wildman–Crippen LogP) is 3.54. The zero-order valence-electron chi connectivity index (χ0n) is 14.8. The van der Waals surface area contributed by atoms with Gasteiger partial charge in [0.15, 0.2) is 0 Å². The van der Waals surface area contributed by atoms with Gasteiger partial charge in [0.05, 0.1) is 13.5 Å². The molecule has 0 unspecified atom stereocenters. The molecule has 0 spiro atoms. The molecule has 3 rings (SSSR count). The minimum atomic E-state index is 0.0327. The van der Waals surface area contributed by atoms with E-state index in [1.165, 1.54) is 24.9 Å². The lowest BCUT2D eigenvalue weighted by atomic mass is 10.1. The molecule has 132 valence electrons. The van der Waals surface area contributed by atoms with Crippen LogP contribution in [-0.4, -0.2) is 26.1 Å². The lowest BCUT2D eigenvalue weighted by Crippen LogP contribution is -2.29. The quantitative estimate of drug-likeness (QED) is 0.876. The highest BCUT2D eigenvalue weighted by atomic mass is 16.5. The lowest BCUT2D eigenvalue weighted by molar-refractivity contribution is -0.120. The zero-order valence-corrected chi connectivity index (χ0v) is 14.8. The molecule has 25 heavy (non-hydrogen) atoms. The van der Waals surface area contributed by atoms with E-state index in [0.717, 1.165) is 30.0 Å². The number of hydrogen-bond acceptors (Lipinski definition) is 3. The number of rotatable bonds is 6. The van der Waals surface area contributed by atoms with Gasteiger partial charge >= 0.3 is 0 Å².